The molecule has 1 fully saturated rings. The van der Waals surface area contributed by atoms with Gasteiger partial charge in [0.2, 0.25) is 11.8 Å². The molecule has 1 aliphatic carbocycles. The maximum atomic E-state index is 12.3. The third-order valence-corrected chi connectivity index (χ3v) is 4.75. The topological polar surface area (TPSA) is 85.2 Å². The zero-order chi connectivity index (χ0) is 17.2. The van der Waals surface area contributed by atoms with Gasteiger partial charge in [0.25, 0.3) is 0 Å². The fraction of sp³-hybridized carbons (Fsp3) is 0.529. The number of carbonyl (C=O) groups is 1. The van der Waals surface area contributed by atoms with Crippen molar-refractivity contribution in [3.8, 4) is 5.88 Å². The summed E-state index contributed by atoms with van der Waals surface area (Å²) in [6.07, 6.45) is 6.17. The van der Waals surface area contributed by atoms with Crippen molar-refractivity contribution in [2.75, 3.05) is 25.1 Å². The lowest BCUT2D eigenvalue weighted by molar-refractivity contribution is -0.122. The third kappa shape index (κ3) is 3.57. The Kier molecular flexibility index (Phi) is 4.25. The normalized spacial score (nSPS) is 19.4. The molecular weight excluding hydrogens is 320 g/mol. The monoisotopic (exact) mass is 342 g/mol. The number of nitrogens with zero attached hydrogens (tertiary/aromatic N) is 5. The van der Waals surface area contributed by atoms with Crippen LogP contribution in [0.2, 0.25) is 0 Å². The van der Waals surface area contributed by atoms with Gasteiger partial charge < -0.3 is 15.0 Å². The molecule has 1 amide bonds. The summed E-state index contributed by atoms with van der Waals surface area (Å²) < 4.78 is 7.16. The number of rotatable bonds is 6. The van der Waals surface area contributed by atoms with Crippen LogP contribution in [0.25, 0.3) is 0 Å². The summed E-state index contributed by atoms with van der Waals surface area (Å²) in [5, 5.41) is 7.46. The van der Waals surface area contributed by atoms with Crippen LogP contribution < -0.4 is 15.0 Å². The van der Waals surface area contributed by atoms with Crippen molar-refractivity contribution in [2.24, 2.45) is 5.92 Å². The number of nitrogens with one attached hydrogen (secondary N) is 1. The molecule has 8 heteroatoms. The highest BCUT2D eigenvalue weighted by Crippen LogP contribution is 2.29. The van der Waals surface area contributed by atoms with Crippen LogP contribution in [0, 0.1) is 5.92 Å². The predicted molar refractivity (Wildman–Crippen MR) is 91.2 cm³/mol. The zero-order valence-electron chi connectivity index (χ0n) is 14.3. The second kappa shape index (κ2) is 6.70. The molecule has 132 valence electrons. The summed E-state index contributed by atoms with van der Waals surface area (Å²) in [6, 6.07) is 3.79. The molecule has 2 aromatic rings. The number of hydrogen-bond acceptors (Lipinski definition) is 6. The van der Waals surface area contributed by atoms with Crippen LogP contribution in [-0.4, -0.2) is 45.9 Å². The van der Waals surface area contributed by atoms with Crippen LogP contribution in [0.5, 0.6) is 5.88 Å². The van der Waals surface area contributed by atoms with Crippen molar-refractivity contribution in [1.29, 1.82) is 0 Å². The first-order valence-electron chi connectivity index (χ1n) is 8.63. The Bertz CT molecular complexity index is 757. The van der Waals surface area contributed by atoms with Gasteiger partial charge in [0.05, 0.1) is 31.8 Å². The van der Waals surface area contributed by atoms with E-state index in [0.717, 1.165) is 18.1 Å². The van der Waals surface area contributed by atoms with E-state index in [-0.39, 0.29) is 11.9 Å². The van der Waals surface area contributed by atoms with Gasteiger partial charge in [0.15, 0.2) is 0 Å². The first kappa shape index (κ1) is 15.9. The molecule has 0 unspecified atom stereocenters. The number of amides is 1. The molecule has 0 saturated heterocycles. The summed E-state index contributed by atoms with van der Waals surface area (Å²) in [7, 11) is 1.59. The van der Waals surface area contributed by atoms with Crippen LogP contribution >= 0.6 is 0 Å². The van der Waals surface area contributed by atoms with Gasteiger partial charge in [-0.15, -0.1) is 0 Å². The maximum absolute atomic E-state index is 12.3. The quantitative estimate of drug-likeness (QED) is 0.848. The number of methoxy groups -OCH3 is 1. The highest BCUT2D eigenvalue weighted by molar-refractivity contribution is 5.76. The standard InChI is InChI=1S/C17H22N6O2/c1-25-17-7-15(19-11-20-17)22-9-13-4-5-21-23(13)14(10-22)6-16(24)18-8-12-2-3-12/h4-5,7,11-12,14H,2-3,6,8-10H2,1H3,(H,18,24)/t14-/m0/s1. The van der Waals surface area contributed by atoms with Gasteiger partial charge in [0.1, 0.15) is 12.1 Å². The van der Waals surface area contributed by atoms with E-state index in [2.05, 4.69) is 25.3 Å². The summed E-state index contributed by atoms with van der Waals surface area (Å²) in [5.74, 6) is 2.09. The van der Waals surface area contributed by atoms with E-state index in [9.17, 15) is 4.79 Å². The zero-order valence-corrected chi connectivity index (χ0v) is 14.3. The smallest absolute Gasteiger partial charge is 0.222 e. The van der Waals surface area contributed by atoms with Crippen molar-refractivity contribution in [1.82, 2.24) is 25.1 Å². The first-order chi connectivity index (χ1) is 12.2. The highest BCUT2D eigenvalue weighted by atomic mass is 16.5. The van der Waals surface area contributed by atoms with E-state index in [1.807, 2.05) is 16.8 Å². The van der Waals surface area contributed by atoms with E-state index >= 15 is 0 Å². The molecule has 1 saturated carbocycles. The lowest BCUT2D eigenvalue weighted by Gasteiger charge is -2.34. The highest BCUT2D eigenvalue weighted by Gasteiger charge is 2.29. The van der Waals surface area contributed by atoms with Gasteiger partial charge in [-0.3, -0.25) is 9.48 Å². The van der Waals surface area contributed by atoms with Crippen LogP contribution in [0.1, 0.15) is 31.0 Å². The minimum Gasteiger partial charge on any atom is -0.481 e. The van der Waals surface area contributed by atoms with Gasteiger partial charge in [-0.05, 0) is 24.8 Å². The minimum atomic E-state index is -0.0149. The van der Waals surface area contributed by atoms with Gasteiger partial charge >= 0.3 is 0 Å². The molecule has 3 heterocycles. The lowest BCUT2D eigenvalue weighted by Crippen LogP contribution is -2.40. The molecule has 0 spiro atoms. The predicted octanol–water partition coefficient (Wildman–Crippen LogP) is 1.16. The van der Waals surface area contributed by atoms with Crippen molar-refractivity contribution in [2.45, 2.75) is 31.8 Å². The number of ether oxygens (including phenoxy) is 1. The number of anilines is 1. The summed E-state index contributed by atoms with van der Waals surface area (Å²) in [6.45, 7) is 2.16. The van der Waals surface area contributed by atoms with Crippen LogP contribution in [0.15, 0.2) is 24.7 Å². The molecule has 2 aromatic heterocycles. The van der Waals surface area contributed by atoms with Crippen LogP contribution in [0.3, 0.4) is 0 Å². The van der Waals surface area contributed by atoms with E-state index < -0.39 is 0 Å². The van der Waals surface area contributed by atoms with Crippen LogP contribution in [0.4, 0.5) is 5.82 Å². The van der Waals surface area contributed by atoms with E-state index in [0.29, 0.717) is 31.3 Å². The maximum Gasteiger partial charge on any atom is 0.222 e. The molecule has 0 radical (unpaired) electrons. The second-order valence-electron chi connectivity index (χ2n) is 6.67. The lowest BCUT2D eigenvalue weighted by atomic mass is 10.1. The van der Waals surface area contributed by atoms with Gasteiger partial charge in [0, 0.05) is 25.4 Å². The summed E-state index contributed by atoms with van der Waals surface area (Å²) in [5.41, 5.74) is 1.07. The number of aromatic nitrogens is 4. The molecule has 0 aromatic carbocycles. The minimum absolute atomic E-state index is 0.0149. The van der Waals surface area contributed by atoms with Gasteiger partial charge in [-0.2, -0.15) is 5.10 Å². The molecule has 0 bridgehead atoms. The largest absolute Gasteiger partial charge is 0.481 e. The van der Waals surface area contributed by atoms with Crippen molar-refractivity contribution < 1.29 is 9.53 Å². The molecule has 25 heavy (non-hydrogen) atoms. The first-order valence-corrected chi connectivity index (χ1v) is 8.63. The van der Waals surface area contributed by atoms with E-state index in [1.165, 1.54) is 19.2 Å². The summed E-state index contributed by atoms with van der Waals surface area (Å²) in [4.78, 5) is 22.9. The number of fused-ring (bicyclic) bond motifs is 1. The van der Waals surface area contributed by atoms with Crippen molar-refractivity contribution >= 4 is 11.7 Å². The number of hydrogen-bond donors (Lipinski definition) is 1. The van der Waals surface area contributed by atoms with Gasteiger partial charge in [-0.1, -0.05) is 0 Å². The molecule has 1 atom stereocenters. The fourth-order valence-corrected chi connectivity index (χ4v) is 3.19. The Balaban J connectivity index is 1.49. The Hall–Kier alpha value is -2.64. The third-order valence-electron chi connectivity index (χ3n) is 4.75. The van der Waals surface area contributed by atoms with Crippen molar-refractivity contribution in [3.63, 3.8) is 0 Å². The molecule has 1 aliphatic heterocycles. The Morgan fingerprint density at radius 2 is 2.28 bits per heavy atom. The SMILES string of the molecule is COc1cc(N2Cc3ccnn3[C@@H](CC(=O)NCC3CC3)C2)ncn1. The molecular formula is C17H22N6O2. The summed E-state index contributed by atoms with van der Waals surface area (Å²) >= 11 is 0. The van der Waals surface area contributed by atoms with Gasteiger partial charge in [-0.25, -0.2) is 9.97 Å². The fourth-order valence-electron chi connectivity index (χ4n) is 3.19. The molecule has 4 rings (SSSR count). The number of carbonyl (C=O) groups excluding carboxylic acids is 1. The Morgan fingerprint density at radius 1 is 1.40 bits per heavy atom. The van der Waals surface area contributed by atoms with Crippen LogP contribution in [-0.2, 0) is 11.3 Å². The molecule has 8 nitrogen and oxygen atoms in total. The van der Waals surface area contributed by atoms with Crippen molar-refractivity contribution in [3.05, 3.63) is 30.4 Å². The molecule has 2 aliphatic rings. The Morgan fingerprint density at radius 3 is 3.08 bits per heavy atom. The molecule has 1 N–H and O–H groups in total. The second-order valence-corrected chi connectivity index (χ2v) is 6.67. The average molecular weight is 342 g/mol. The van der Waals surface area contributed by atoms with E-state index in [1.54, 1.807) is 13.3 Å². The Labute approximate surface area is 146 Å². The van der Waals surface area contributed by atoms with E-state index in [4.69, 9.17) is 4.74 Å². The average Bonchev–Trinajstić information content (AvgIpc) is 3.35.